The molecule has 3 aliphatic rings. The molecule has 3 saturated heterocycles. The van der Waals surface area contributed by atoms with Gasteiger partial charge >= 0.3 is 5.97 Å². The van der Waals surface area contributed by atoms with E-state index in [0.29, 0.717) is 35.6 Å². The lowest BCUT2D eigenvalue weighted by Crippen LogP contribution is -2.58. The highest BCUT2D eigenvalue weighted by atomic mass is 16.7. The van der Waals surface area contributed by atoms with E-state index in [1.807, 2.05) is 0 Å². The summed E-state index contributed by atoms with van der Waals surface area (Å²) in [6.07, 6.45) is 3.10. The van der Waals surface area contributed by atoms with Gasteiger partial charge in [-0.05, 0) is 69.5 Å². The first-order valence-corrected chi connectivity index (χ1v) is 12.5. The number of nitrogens with zero attached hydrogens (tertiary/aromatic N) is 1. The van der Waals surface area contributed by atoms with Gasteiger partial charge in [-0.1, -0.05) is 12.5 Å². The number of fused-ring (bicyclic) bond motifs is 1. The molecule has 0 aromatic heterocycles. The second kappa shape index (κ2) is 11.7. The Morgan fingerprint density at radius 3 is 2.69 bits per heavy atom. The molecule has 3 fully saturated rings. The fraction of sp³-hybridized carbons (Fsp3) is 0.654. The van der Waals surface area contributed by atoms with Crippen molar-refractivity contribution < 1.29 is 39.1 Å². The molecule has 1 aromatic rings. The third kappa shape index (κ3) is 6.16. The zero-order chi connectivity index (χ0) is 24.9. The molecule has 0 radical (unpaired) electrons. The average Bonchev–Trinajstić information content (AvgIpc) is 2.88. The van der Waals surface area contributed by atoms with Crippen LogP contribution in [0, 0.1) is 5.92 Å². The topological polar surface area (TPSA) is 118 Å². The molecule has 1 aromatic carbocycles. The zero-order valence-electron chi connectivity index (χ0n) is 20.4. The third-order valence-corrected chi connectivity index (χ3v) is 7.32. The van der Waals surface area contributed by atoms with Gasteiger partial charge in [0, 0.05) is 18.0 Å². The quantitative estimate of drug-likeness (QED) is 0.387. The number of ether oxygens (including phenoxy) is 4. The number of rotatable bonds is 7. The summed E-state index contributed by atoms with van der Waals surface area (Å²) in [4.78, 5) is 14.9. The smallest absolute Gasteiger partial charge is 0.330 e. The minimum atomic E-state index is -1.43. The standard InChI is InChI=1S/C26H37NO8/c1-16-23(29)24(30)25(31)26(34-16)35-20-10-8-17(14-21(20)32-2)9-11-22(28)33-15-18-6-5-13-27-12-4-3-7-19(18)27/h8-11,14,16,18-19,23-26,29-31H,3-7,12-13,15H2,1-2H3. The Bertz CT molecular complexity index is 890. The first-order valence-electron chi connectivity index (χ1n) is 12.5. The maximum atomic E-state index is 12.4. The van der Waals surface area contributed by atoms with Gasteiger partial charge in [0.1, 0.15) is 18.3 Å². The number of methoxy groups -OCH3 is 1. The van der Waals surface area contributed by atoms with Crippen molar-refractivity contribution >= 4 is 12.0 Å². The van der Waals surface area contributed by atoms with Gasteiger partial charge in [0.2, 0.25) is 6.29 Å². The van der Waals surface area contributed by atoms with Crippen molar-refractivity contribution in [3.63, 3.8) is 0 Å². The van der Waals surface area contributed by atoms with Crippen LogP contribution in [0.15, 0.2) is 24.3 Å². The number of piperidine rings is 2. The summed E-state index contributed by atoms with van der Waals surface area (Å²) >= 11 is 0. The van der Waals surface area contributed by atoms with Gasteiger partial charge in [-0.25, -0.2) is 4.79 Å². The molecule has 0 amide bonds. The first kappa shape index (κ1) is 25.9. The lowest BCUT2D eigenvalue weighted by atomic mass is 9.84. The maximum absolute atomic E-state index is 12.4. The number of aliphatic hydroxyl groups excluding tert-OH is 3. The van der Waals surface area contributed by atoms with Crippen LogP contribution >= 0.6 is 0 Å². The Morgan fingerprint density at radius 2 is 1.89 bits per heavy atom. The zero-order valence-corrected chi connectivity index (χ0v) is 20.4. The van der Waals surface area contributed by atoms with Crippen molar-refractivity contribution in [2.24, 2.45) is 5.92 Å². The Kier molecular flexibility index (Phi) is 8.67. The molecule has 0 spiro atoms. The average molecular weight is 492 g/mol. The van der Waals surface area contributed by atoms with Gasteiger partial charge in [-0.3, -0.25) is 4.90 Å². The van der Waals surface area contributed by atoms with Crippen LogP contribution in [0.1, 0.15) is 44.6 Å². The number of hydrogen-bond donors (Lipinski definition) is 3. The number of aliphatic hydroxyl groups is 3. The second-order valence-electron chi connectivity index (χ2n) is 9.67. The van der Waals surface area contributed by atoms with Gasteiger partial charge < -0.3 is 34.3 Å². The molecule has 0 aliphatic carbocycles. The minimum Gasteiger partial charge on any atom is -0.493 e. The van der Waals surface area contributed by atoms with Crippen LogP contribution in [-0.2, 0) is 14.3 Å². The van der Waals surface area contributed by atoms with E-state index in [-0.39, 0.29) is 5.97 Å². The maximum Gasteiger partial charge on any atom is 0.330 e. The van der Waals surface area contributed by atoms with Crippen molar-refractivity contribution in [2.45, 2.75) is 75.8 Å². The van der Waals surface area contributed by atoms with E-state index in [1.165, 1.54) is 32.4 Å². The monoisotopic (exact) mass is 491 g/mol. The molecule has 0 saturated carbocycles. The van der Waals surface area contributed by atoms with Crippen molar-refractivity contribution in [1.29, 1.82) is 0 Å². The van der Waals surface area contributed by atoms with Crippen molar-refractivity contribution in [2.75, 3.05) is 26.8 Å². The number of carbonyl (C=O) groups is 1. The Hall–Kier alpha value is -2.17. The number of benzene rings is 1. The van der Waals surface area contributed by atoms with Crippen LogP contribution in [0.3, 0.4) is 0 Å². The number of esters is 1. The SMILES string of the molecule is COc1cc(C=CC(=O)OCC2CCCN3CCCCC23)ccc1OC1OC(C)C(O)C(O)C1O. The summed E-state index contributed by atoms with van der Waals surface area (Å²) in [7, 11) is 1.47. The lowest BCUT2D eigenvalue weighted by Gasteiger charge is -2.44. The molecule has 0 bridgehead atoms. The lowest BCUT2D eigenvalue weighted by molar-refractivity contribution is -0.268. The Morgan fingerprint density at radius 1 is 1.09 bits per heavy atom. The third-order valence-electron chi connectivity index (χ3n) is 7.32. The normalized spacial score (nSPS) is 33.8. The van der Waals surface area contributed by atoms with Crippen LogP contribution in [0.25, 0.3) is 6.08 Å². The predicted octanol–water partition coefficient (Wildman–Crippen LogP) is 1.72. The molecule has 35 heavy (non-hydrogen) atoms. The van der Waals surface area contributed by atoms with Crippen LogP contribution in [-0.4, -0.2) is 89.7 Å². The van der Waals surface area contributed by atoms with Crippen LogP contribution in [0.5, 0.6) is 11.5 Å². The van der Waals surface area contributed by atoms with Crippen molar-refractivity contribution in [1.82, 2.24) is 4.90 Å². The first-order chi connectivity index (χ1) is 16.9. The molecule has 3 N–H and O–H groups in total. The molecule has 4 rings (SSSR count). The van der Waals surface area contributed by atoms with E-state index in [9.17, 15) is 20.1 Å². The summed E-state index contributed by atoms with van der Waals surface area (Å²) < 4.78 is 22.2. The summed E-state index contributed by atoms with van der Waals surface area (Å²) in [6.45, 7) is 4.34. The Balaban J connectivity index is 1.33. The highest BCUT2D eigenvalue weighted by Gasteiger charge is 2.43. The molecular weight excluding hydrogens is 454 g/mol. The van der Waals surface area contributed by atoms with E-state index < -0.39 is 30.7 Å². The van der Waals surface area contributed by atoms with E-state index in [4.69, 9.17) is 18.9 Å². The summed E-state index contributed by atoms with van der Waals surface area (Å²) in [6, 6.07) is 5.57. The molecule has 9 nitrogen and oxygen atoms in total. The van der Waals surface area contributed by atoms with Gasteiger partial charge in [0.15, 0.2) is 11.5 Å². The Labute approximate surface area is 206 Å². The van der Waals surface area contributed by atoms with Crippen LogP contribution in [0.4, 0.5) is 0 Å². The van der Waals surface area contributed by atoms with Gasteiger partial charge in [-0.15, -0.1) is 0 Å². The summed E-state index contributed by atoms with van der Waals surface area (Å²) in [5.74, 6) is 0.681. The molecule has 3 aliphatic heterocycles. The van der Waals surface area contributed by atoms with E-state index in [0.717, 1.165) is 25.9 Å². The molecule has 194 valence electrons. The molecule has 3 heterocycles. The van der Waals surface area contributed by atoms with Gasteiger partial charge in [0.25, 0.3) is 0 Å². The summed E-state index contributed by atoms with van der Waals surface area (Å²) in [5.41, 5.74) is 0.705. The predicted molar refractivity (Wildman–Crippen MR) is 128 cm³/mol. The fourth-order valence-corrected chi connectivity index (χ4v) is 5.29. The minimum absolute atomic E-state index is 0.293. The number of carbonyl (C=O) groups excluding carboxylic acids is 1. The highest BCUT2D eigenvalue weighted by molar-refractivity contribution is 5.87. The van der Waals surface area contributed by atoms with Crippen LogP contribution in [0.2, 0.25) is 0 Å². The van der Waals surface area contributed by atoms with E-state index in [2.05, 4.69) is 4.90 Å². The molecular formula is C26H37NO8. The van der Waals surface area contributed by atoms with E-state index >= 15 is 0 Å². The fourth-order valence-electron chi connectivity index (χ4n) is 5.29. The van der Waals surface area contributed by atoms with Gasteiger partial charge in [0.05, 0.1) is 19.8 Å². The van der Waals surface area contributed by atoms with Gasteiger partial charge in [-0.2, -0.15) is 0 Å². The number of hydrogen-bond acceptors (Lipinski definition) is 9. The van der Waals surface area contributed by atoms with Crippen molar-refractivity contribution in [3.8, 4) is 11.5 Å². The second-order valence-corrected chi connectivity index (χ2v) is 9.67. The summed E-state index contributed by atoms with van der Waals surface area (Å²) in [5, 5.41) is 30.0. The van der Waals surface area contributed by atoms with Crippen molar-refractivity contribution in [3.05, 3.63) is 29.8 Å². The molecule has 7 atom stereocenters. The highest BCUT2D eigenvalue weighted by Crippen LogP contribution is 2.33. The molecule has 7 unspecified atom stereocenters. The largest absolute Gasteiger partial charge is 0.493 e. The van der Waals surface area contributed by atoms with E-state index in [1.54, 1.807) is 31.2 Å². The molecule has 9 heteroatoms. The van der Waals surface area contributed by atoms with Crippen LogP contribution < -0.4 is 9.47 Å².